The number of nitrogens with one attached hydrogen (secondary N) is 2. The van der Waals surface area contributed by atoms with E-state index in [-0.39, 0.29) is 30.1 Å². The van der Waals surface area contributed by atoms with Crippen molar-refractivity contribution >= 4 is 11.6 Å². The summed E-state index contributed by atoms with van der Waals surface area (Å²) in [7, 11) is 0. The second kappa shape index (κ2) is 7.21. The van der Waals surface area contributed by atoms with E-state index in [2.05, 4.69) is 15.7 Å². The number of amides is 1. The molecule has 1 amide bonds. The molecule has 1 saturated heterocycles. The van der Waals surface area contributed by atoms with Gasteiger partial charge >= 0.3 is 0 Å². The smallest absolute Gasteiger partial charge is 0.269 e. The molecule has 0 unspecified atom stereocenters. The van der Waals surface area contributed by atoms with Gasteiger partial charge in [-0.3, -0.25) is 9.59 Å². The van der Waals surface area contributed by atoms with E-state index in [1.54, 1.807) is 6.20 Å². The van der Waals surface area contributed by atoms with E-state index in [1.807, 2.05) is 13.8 Å². The molecule has 0 atom stereocenters. The average molecular weight is 294 g/mol. The first-order chi connectivity index (χ1) is 10.0. The highest BCUT2D eigenvalue weighted by Crippen LogP contribution is 2.06. The van der Waals surface area contributed by atoms with Crippen LogP contribution in [0.25, 0.3) is 0 Å². The van der Waals surface area contributed by atoms with Gasteiger partial charge in [0, 0.05) is 31.4 Å². The van der Waals surface area contributed by atoms with Gasteiger partial charge in [0.15, 0.2) is 0 Å². The van der Waals surface area contributed by atoms with Crippen molar-refractivity contribution < 1.29 is 9.53 Å². The molecule has 1 fully saturated rings. The summed E-state index contributed by atoms with van der Waals surface area (Å²) in [4.78, 5) is 23.8. The van der Waals surface area contributed by atoms with Gasteiger partial charge in [-0.25, -0.2) is 4.68 Å². The van der Waals surface area contributed by atoms with E-state index in [0.29, 0.717) is 18.9 Å². The summed E-state index contributed by atoms with van der Waals surface area (Å²) >= 11 is 0. The molecule has 0 aliphatic carbocycles. The van der Waals surface area contributed by atoms with Crippen molar-refractivity contribution in [2.75, 3.05) is 18.5 Å². The van der Waals surface area contributed by atoms with Gasteiger partial charge in [-0.15, -0.1) is 0 Å². The van der Waals surface area contributed by atoms with Crippen LogP contribution < -0.4 is 16.2 Å². The van der Waals surface area contributed by atoms with Crippen molar-refractivity contribution in [3.8, 4) is 0 Å². The molecule has 0 spiro atoms. The van der Waals surface area contributed by atoms with Crippen molar-refractivity contribution in [3.63, 3.8) is 0 Å². The van der Waals surface area contributed by atoms with Crippen LogP contribution in [0.5, 0.6) is 0 Å². The molecule has 21 heavy (non-hydrogen) atoms. The Bertz CT molecular complexity index is 535. The first-order valence-corrected chi connectivity index (χ1v) is 7.25. The molecule has 2 heterocycles. The van der Waals surface area contributed by atoms with Crippen LogP contribution in [0.2, 0.25) is 0 Å². The summed E-state index contributed by atoms with van der Waals surface area (Å²) in [6, 6.07) is 1.80. The Balaban J connectivity index is 1.92. The minimum Gasteiger partial charge on any atom is -0.381 e. The van der Waals surface area contributed by atoms with Gasteiger partial charge in [0.2, 0.25) is 5.91 Å². The number of anilines is 1. The fourth-order valence-corrected chi connectivity index (χ4v) is 2.22. The summed E-state index contributed by atoms with van der Waals surface area (Å²) in [5, 5.41) is 10.0. The molecule has 0 radical (unpaired) electrons. The minimum atomic E-state index is -0.289. The number of carbonyl (C=O) groups excluding carboxylic acids is 1. The summed E-state index contributed by atoms with van der Waals surface area (Å²) in [5.41, 5.74) is 0.374. The van der Waals surface area contributed by atoms with Crippen molar-refractivity contribution in [2.24, 2.45) is 0 Å². The van der Waals surface area contributed by atoms with Gasteiger partial charge in [0.05, 0.1) is 11.9 Å². The van der Waals surface area contributed by atoms with E-state index >= 15 is 0 Å². The zero-order chi connectivity index (χ0) is 15.2. The van der Waals surface area contributed by atoms with E-state index in [9.17, 15) is 9.59 Å². The van der Waals surface area contributed by atoms with Crippen molar-refractivity contribution in [2.45, 2.75) is 45.3 Å². The standard InChI is InChI=1S/C14H22N4O3/c1-10(2)16-12-7-14(20)18(15-8-12)9-13(19)17-11-3-5-21-6-4-11/h7-8,10-11,16H,3-6,9H2,1-2H3,(H,17,19). The molecule has 2 rings (SSSR count). The number of carbonyl (C=O) groups is 1. The third kappa shape index (κ3) is 4.86. The Morgan fingerprint density at radius 3 is 2.81 bits per heavy atom. The Labute approximate surface area is 123 Å². The lowest BCUT2D eigenvalue weighted by Crippen LogP contribution is -2.42. The van der Waals surface area contributed by atoms with Gasteiger partial charge in [-0.2, -0.15) is 5.10 Å². The van der Waals surface area contributed by atoms with Gasteiger partial charge in [0.25, 0.3) is 5.56 Å². The lowest BCUT2D eigenvalue weighted by molar-refractivity contribution is -0.123. The Hall–Kier alpha value is -1.89. The maximum Gasteiger partial charge on any atom is 0.269 e. The van der Waals surface area contributed by atoms with Crippen LogP contribution in [0.1, 0.15) is 26.7 Å². The normalized spacial score (nSPS) is 16.0. The summed E-state index contributed by atoms with van der Waals surface area (Å²) < 4.78 is 6.40. The highest BCUT2D eigenvalue weighted by atomic mass is 16.5. The third-order valence-corrected chi connectivity index (χ3v) is 3.20. The third-order valence-electron chi connectivity index (χ3n) is 3.20. The molecular weight excluding hydrogens is 272 g/mol. The molecule has 0 bridgehead atoms. The molecule has 1 aliphatic rings. The SMILES string of the molecule is CC(C)Nc1cnn(CC(=O)NC2CCOCC2)c(=O)c1. The highest BCUT2D eigenvalue weighted by Gasteiger charge is 2.16. The molecule has 2 N–H and O–H groups in total. The molecule has 1 aromatic heterocycles. The van der Waals surface area contributed by atoms with Gasteiger partial charge < -0.3 is 15.4 Å². The van der Waals surface area contributed by atoms with Crippen LogP contribution >= 0.6 is 0 Å². The van der Waals surface area contributed by atoms with Crippen LogP contribution in [0.15, 0.2) is 17.1 Å². The molecular formula is C14H22N4O3. The van der Waals surface area contributed by atoms with Gasteiger partial charge in [0.1, 0.15) is 6.54 Å². The highest BCUT2D eigenvalue weighted by molar-refractivity contribution is 5.75. The minimum absolute atomic E-state index is 0.0574. The number of ether oxygens (including phenoxy) is 1. The molecule has 1 aromatic rings. The summed E-state index contributed by atoms with van der Waals surface area (Å²) in [6.07, 6.45) is 3.18. The quantitative estimate of drug-likeness (QED) is 0.819. The maximum atomic E-state index is 11.9. The number of hydrogen-bond donors (Lipinski definition) is 2. The molecule has 0 saturated carbocycles. The molecule has 116 valence electrons. The lowest BCUT2D eigenvalue weighted by Gasteiger charge is -2.23. The zero-order valence-corrected chi connectivity index (χ0v) is 12.5. The second-order valence-electron chi connectivity index (χ2n) is 5.49. The molecule has 1 aliphatic heterocycles. The fourth-order valence-electron chi connectivity index (χ4n) is 2.22. The Kier molecular flexibility index (Phi) is 5.32. The van der Waals surface area contributed by atoms with Crippen LogP contribution in [0, 0.1) is 0 Å². The van der Waals surface area contributed by atoms with Gasteiger partial charge in [-0.1, -0.05) is 0 Å². The predicted octanol–water partition coefficient (Wildman–Crippen LogP) is 0.359. The number of rotatable bonds is 5. The molecule has 7 nitrogen and oxygen atoms in total. The van der Waals surface area contributed by atoms with Crippen LogP contribution in [0.4, 0.5) is 5.69 Å². The van der Waals surface area contributed by atoms with E-state index in [4.69, 9.17) is 4.74 Å². The summed E-state index contributed by atoms with van der Waals surface area (Å²) in [6.45, 7) is 5.23. The second-order valence-corrected chi connectivity index (χ2v) is 5.49. The number of nitrogens with zero attached hydrogens (tertiary/aromatic N) is 2. The largest absolute Gasteiger partial charge is 0.381 e. The monoisotopic (exact) mass is 294 g/mol. The maximum absolute atomic E-state index is 11.9. The number of aromatic nitrogens is 2. The molecule has 7 heteroatoms. The van der Waals surface area contributed by atoms with Gasteiger partial charge in [-0.05, 0) is 26.7 Å². The van der Waals surface area contributed by atoms with Crippen LogP contribution in [-0.2, 0) is 16.1 Å². The van der Waals surface area contributed by atoms with E-state index in [0.717, 1.165) is 12.8 Å². The van der Waals surface area contributed by atoms with Crippen LogP contribution in [-0.4, -0.2) is 41.0 Å². The van der Waals surface area contributed by atoms with Crippen molar-refractivity contribution in [1.29, 1.82) is 0 Å². The average Bonchev–Trinajstić information content (AvgIpc) is 2.42. The Morgan fingerprint density at radius 1 is 1.48 bits per heavy atom. The Morgan fingerprint density at radius 2 is 2.19 bits per heavy atom. The zero-order valence-electron chi connectivity index (χ0n) is 12.5. The van der Waals surface area contributed by atoms with Crippen molar-refractivity contribution in [3.05, 3.63) is 22.6 Å². The molecule has 0 aromatic carbocycles. The lowest BCUT2D eigenvalue weighted by atomic mass is 10.1. The number of hydrogen-bond acceptors (Lipinski definition) is 5. The first kappa shape index (κ1) is 15.5. The summed E-state index contributed by atoms with van der Waals surface area (Å²) in [5.74, 6) is -0.193. The van der Waals surface area contributed by atoms with Crippen LogP contribution in [0.3, 0.4) is 0 Å². The topological polar surface area (TPSA) is 85.2 Å². The fraction of sp³-hybridized carbons (Fsp3) is 0.643. The first-order valence-electron chi connectivity index (χ1n) is 7.25. The predicted molar refractivity (Wildman–Crippen MR) is 79.2 cm³/mol. The van der Waals surface area contributed by atoms with Crippen molar-refractivity contribution in [1.82, 2.24) is 15.1 Å². The van der Waals surface area contributed by atoms with E-state index in [1.165, 1.54) is 10.7 Å². The van der Waals surface area contributed by atoms with E-state index < -0.39 is 0 Å².